The summed E-state index contributed by atoms with van der Waals surface area (Å²) in [4.78, 5) is 2.34. The highest BCUT2D eigenvalue weighted by atomic mass is 31.2. The third-order valence-corrected chi connectivity index (χ3v) is 8.84. The van der Waals surface area contributed by atoms with Crippen LogP contribution in [0.25, 0.3) is 0 Å². The second-order valence-corrected chi connectivity index (χ2v) is 9.80. The third kappa shape index (κ3) is 3.03. The topological polar surface area (TPSA) is 3.24 Å². The van der Waals surface area contributed by atoms with Crippen LogP contribution in [0.2, 0.25) is 0 Å². The molecule has 74 valence electrons. The van der Waals surface area contributed by atoms with Crippen molar-refractivity contribution in [2.75, 3.05) is 27.0 Å². The maximum absolute atomic E-state index is 2.50. The Morgan fingerprint density at radius 2 is 1.33 bits per heavy atom. The first-order valence-corrected chi connectivity index (χ1v) is 7.36. The number of nitrogens with zero attached hydrogens (tertiary/aromatic N) is 1. The van der Waals surface area contributed by atoms with Crippen LogP contribution in [-0.4, -0.2) is 43.3 Å². The zero-order valence-electron chi connectivity index (χ0n) is 9.76. The number of hydrogen-bond donors (Lipinski definition) is 0. The SMILES string of the molecule is CC(C)[P+](C)(CN(C)C)C(C)C. The highest BCUT2D eigenvalue weighted by molar-refractivity contribution is 7.76. The van der Waals surface area contributed by atoms with E-state index in [4.69, 9.17) is 0 Å². The molecule has 0 heterocycles. The zero-order chi connectivity index (χ0) is 9.94. The molecule has 0 saturated heterocycles. The molecule has 0 aliphatic heterocycles. The molecule has 0 saturated carbocycles. The summed E-state index contributed by atoms with van der Waals surface area (Å²) >= 11 is 0. The molecule has 0 atom stereocenters. The number of hydrogen-bond acceptors (Lipinski definition) is 1. The van der Waals surface area contributed by atoms with Crippen molar-refractivity contribution in [1.82, 2.24) is 4.90 Å². The van der Waals surface area contributed by atoms with E-state index >= 15 is 0 Å². The van der Waals surface area contributed by atoms with Gasteiger partial charge in [-0.25, -0.2) is 0 Å². The standard InChI is InChI=1S/C10H25NP/c1-9(2)12(7,10(3)4)8-11(5)6/h9-10H,8H2,1-7H3/q+1. The summed E-state index contributed by atoms with van der Waals surface area (Å²) in [5, 5.41) is 0. The van der Waals surface area contributed by atoms with E-state index in [1.807, 2.05) is 0 Å². The van der Waals surface area contributed by atoms with E-state index in [1.54, 1.807) is 0 Å². The molecule has 0 aromatic rings. The van der Waals surface area contributed by atoms with E-state index in [1.165, 1.54) is 6.29 Å². The summed E-state index contributed by atoms with van der Waals surface area (Å²) in [5.41, 5.74) is 1.72. The molecule has 0 aliphatic carbocycles. The molecule has 0 radical (unpaired) electrons. The van der Waals surface area contributed by atoms with Gasteiger partial charge in [-0.15, -0.1) is 0 Å². The van der Waals surface area contributed by atoms with Gasteiger partial charge in [-0.05, 0) is 41.8 Å². The maximum atomic E-state index is 2.50. The van der Waals surface area contributed by atoms with Crippen LogP contribution in [0.15, 0.2) is 0 Å². The summed E-state index contributed by atoms with van der Waals surface area (Å²) in [7, 11) is 3.62. The first-order chi connectivity index (χ1) is 5.30. The Bertz CT molecular complexity index is 122. The van der Waals surface area contributed by atoms with Crippen LogP contribution < -0.4 is 0 Å². The molecule has 0 rings (SSSR count). The second kappa shape index (κ2) is 4.58. The molecule has 0 aromatic carbocycles. The van der Waals surface area contributed by atoms with Gasteiger partial charge in [0.2, 0.25) is 0 Å². The first-order valence-electron chi connectivity index (χ1n) is 4.80. The van der Waals surface area contributed by atoms with Crippen molar-refractivity contribution in [3.05, 3.63) is 0 Å². The summed E-state index contributed by atoms with van der Waals surface area (Å²) in [6.07, 6.45) is 1.29. The molecule has 0 unspecified atom stereocenters. The van der Waals surface area contributed by atoms with E-state index in [0.717, 1.165) is 11.3 Å². The molecule has 0 spiro atoms. The molecule has 0 amide bonds. The van der Waals surface area contributed by atoms with E-state index in [2.05, 4.69) is 53.4 Å². The molecule has 1 nitrogen and oxygen atoms in total. The lowest BCUT2D eigenvalue weighted by Gasteiger charge is -2.33. The Kier molecular flexibility index (Phi) is 4.73. The monoisotopic (exact) mass is 190 g/mol. The molecule has 0 fully saturated rings. The van der Waals surface area contributed by atoms with E-state index in [0.29, 0.717) is 0 Å². The molecular formula is C10H25NP+. The Balaban J connectivity index is 4.40. The van der Waals surface area contributed by atoms with Crippen molar-refractivity contribution in [1.29, 1.82) is 0 Å². The van der Waals surface area contributed by atoms with Gasteiger partial charge in [-0.3, -0.25) is 4.90 Å². The normalized spacial score (nSPS) is 13.5. The predicted octanol–water partition coefficient (Wildman–Crippen LogP) is 2.97. The summed E-state index contributed by atoms with van der Waals surface area (Å²) in [6.45, 7) is 12.0. The minimum Gasteiger partial charge on any atom is -0.278 e. The van der Waals surface area contributed by atoms with E-state index in [-0.39, 0.29) is 0 Å². The average Bonchev–Trinajstić information content (AvgIpc) is 1.84. The van der Waals surface area contributed by atoms with Gasteiger partial charge in [0, 0.05) is 7.26 Å². The number of rotatable bonds is 4. The summed E-state index contributed by atoms with van der Waals surface area (Å²) in [5.74, 6) is 0. The largest absolute Gasteiger partial charge is 0.278 e. The lowest BCUT2D eigenvalue weighted by Crippen LogP contribution is -2.25. The van der Waals surface area contributed by atoms with Crippen LogP contribution in [-0.2, 0) is 0 Å². The van der Waals surface area contributed by atoms with Crippen LogP contribution in [0.4, 0.5) is 0 Å². The first kappa shape index (κ1) is 12.4. The zero-order valence-corrected chi connectivity index (χ0v) is 10.7. The quantitative estimate of drug-likeness (QED) is 0.616. The van der Waals surface area contributed by atoms with Crippen LogP contribution in [0, 0.1) is 0 Å². The van der Waals surface area contributed by atoms with Gasteiger partial charge in [0.15, 0.2) is 0 Å². The van der Waals surface area contributed by atoms with Crippen molar-refractivity contribution >= 4 is 7.26 Å². The highest BCUT2D eigenvalue weighted by Crippen LogP contribution is 2.63. The van der Waals surface area contributed by atoms with Crippen LogP contribution in [0.1, 0.15) is 27.7 Å². The van der Waals surface area contributed by atoms with Crippen LogP contribution in [0.3, 0.4) is 0 Å². The van der Waals surface area contributed by atoms with Gasteiger partial charge in [0.05, 0.1) is 18.0 Å². The fourth-order valence-corrected chi connectivity index (χ4v) is 4.60. The van der Waals surface area contributed by atoms with Gasteiger partial charge in [0.1, 0.15) is 6.29 Å². The smallest absolute Gasteiger partial charge is 0.111 e. The van der Waals surface area contributed by atoms with Gasteiger partial charge in [0.25, 0.3) is 0 Å². The summed E-state index contributed by atoms with van der Waals surface area (Å²) < 4.78 is 0. The van der Waals surface area contributed by atoms with Crippen molar-refractivity contribution in [2.24, 2.45) is 0 Å². The van der Waals surface area contributed by atoms with E-state index < -0.39 is 7.26 Å². The maximum Gasteiger partial charge on any atom is 0.111 e. The molecule has 0 N–H and O–H groups in total. The van der Waals surface area contributed by atoms with Crippen LogP contribution >= 0.6 is 7.26 Å². The van der Waals surface area contributed by atoms with Gasteiger partial charge in [-0.1, -0.05) is 0 Å². The van der Waals surface area contributed by atoms with Crippen LogP contribution in [0.5, 0.6) is 0 Å². The van der Waals surface area contributed by atoms with E-state index in [9.17, 15) is 0 Å². The lowest BCUT2D eigenvalue weighted by molar-refractivity contribution is 0.475. The van der Waals surface area contributed by atoms with Crippen molar-refractivity contribution in [3.8, 4) is 0 Å². The fourth-order valence-electron chi connectivity index (χ4n) is 1.53. The van der Waals surface area contributed by atoms with Gasteiger partial charge < -0.3 is 0 Å². The molecule has 0 bridgehead atoms. The van der Waals surface area contributed by atoms with Crippen molar-refractivity contribution in [3.63, 3.8) is 0 Å². The third-order valence-electron chi connectivity index (χ3n) is 2.95. The Labute approximate surface area is 78.9 Å². The Morgan fingerprint density at radius 3 is 1.42 bits per heavy atom. The lowest BCUT2D eigenvalue weighted by atomic mass is 10.5. The molecule has 12 heavy (non-hydrogen) atoms. The minimum atomic E-state index is -0.743. The molecule has 0 aromatic heterocycles. The molecule has 2 heteroatoms. The van der Waals surface area contributed by atoms with Crippen molar-refractivity contribution in [2.45, 2.75) is 39.0 Å². The Hall–Kier alpha value is 0.390. The second-order valence-electron chi connectivity index (χ2n) is 4.76. The molecular weight excluding hydrogens is 165 g/mol. The highest BCUT2D eigenvalue weighted by Gasteiger charge is 2.39. The average molecular weight is 190 g/mol. The molecule has 0 aliphatic rings. The summed E-state index contributed by atoms with van der Waals surface area (Å²) in [6, 6.07) is 0. The van der Waals surface area contributed by atoms with Crippen molar-refractivity contribution < 1.29 is 0 Å². The Morgan fingerprint density at radius 1 is 1.00 bits per heavy atom. The minimum absolute atomic E-state index is 0.743. The van der Waals surface area contributed by atoms with Gasteiger partial charge >= 0.3 is 0 Å². The predicted molar refractivity (Wildman–Crippen MR) is 61.7 cm³/mol. The van der Waals surface area contributed by atoms with Gasteiger partial charge in [-0.2, -0.15) is 0 Å². The fraction of sp³-hybridized carbons (Fsp3) is 1.00.